The van der Waals surface area contributed by atoms with Crippen LogP contribution in [0.5, 0.6) is 0 Å². The molecule has 6 heteroatoms. The molecule has 0 saturated carbocycles. The van der Waals surface area contributed by atoms with Gasteiger partial charge >= 0.3 is 0 Å². The minimum Gasteiger partial charge on any atom is -0.383 e. The second-order valence-corrected chi connectivity index (χ2v) is 6.20. The van der Waals surface area contributed by atoms with Gasteiger partial charge in [0.25, 0.3) is 0 Å². The predicted octanol–water partition coefficient (Wildman–Crippen LogP) is 3.87. The summed E-state index contributed by atoms with van der Waals surface area (Å²) in [7, 11) is 0. The summed E-state index contributed by atoms with van der Waals surface area (Å²) in [6, 6.07) is 17.0. The molecule has 5 nitrogen and oxygen atoms in total. The van der Waals surface area contributed by atoms with E-state index in [1.807, 2.05) is 36.4 Å². The van der Waals surface area contributed by atoms with Gasteiger partial charge in [-0.05, 0) is 30.3 Å². The Morgan fingerprint density at radius 2 is 1.96 bits per heavy atom. The zero-order valence-corrected chi connectivity index (χ0v) is 13.3. The Labute approximate surface area is 142 Å². The van der Waals surface area contributed by atoms with Crippen molar-refractivity contribution in [1.29, 1.82) is 5.26 Å². The van der Waals surface area contributed by atoms with Crippen LogP contribution >= 0.6 is 11.3 Å². The number of nitrogens with zero attached hydrogens (tertiary/aromatic N) is 4. The Morgan fingerprint density at radius 3 is 2.75 bits per heavy atom. The average Bonchev–Trinajstić information content (AvgIpc) is 3.07. The molecule has 24 heavy (non-hydrogen) atoms. The van der Waals surface area contributed by atoms with Crippen molar-refractivity contribution < 1.29 is 0 Å². The van der Waals surface area contributed by atoms with Crippen LogP contribution in [0.4, 0.5) is 5.82 Å². The van der Waals surface area contributed by atoms with E-state index in [0.717, 1.165) is 26.4 Å². The summed E-state index contributed by atoms with van der Waals surface area (Å²) in [6.45, 7) is 0. The van der Waals surface area contributed by atoms with Gasteiger partial charge in [-0.3, -0.25) is 4.98 Å². The normalized spacial score (nSPS) is 10.6. The van der Waals surface area contributed by atoms with E-state index in [4.69, 9.17) is 11.0 Å². The van der Waals surface area contributed by atoms with Crippen molar-refractivity contribution in [2.24, 2.45) is 0 Å². The molecule has 0 bridgehead atoms. The number of hydrogen-bond donors (Lipinski definition) is 1. The molecule has 0 radical (unpaired) electrons. The van der Waals surface area contributed by atoms with Crippen molar-refractivity contribution in [3.8, 4) is 28.0 Å². The van der Waals surface area contributed by atoms with Crippen molar-refractivity contribution in [2.75, 3.05) is 5.73 Å². The molecule has 0 fully saturated rings. The Morgan fingerprint density at radius 1 is 1.04 bits per heavy atom. The minimum absolute atomic E-state index is 0.427. The lowest BCUT2D eigenvalue weighted by Gasteiger charge is -2.02. The molecular weight excluding hydrogens is 318 g/mol. The van der Waals surface area contributed by atoms with Gasteiger partial charge in [-0.2, -0.15) is 5.26 Å². The molecule has 3 heterocycles. The largest absolute Gasteiger partial charge is 0.383 e. The maximum atomic E-state index is 9.04. The number of nitriles is 1. The lowest BCUT2D eigenvalue weighted by molar-refractivity contribution is 1.24. The Hall–Kier alpha value is -3.30. The second kappa shape index (κ2) is 5.72. The molecule has 0 spiro atoms. The van der Waals surface area contributed by atoms with Gasteiger partial charge in [0.15, 0.2) is 5.82 Å². The molecule has 1 aromatic carbocycles. The van der Waals surface area contributed by atoms with E-state index in [1.165, 1.54) is 11.3 Å². The van der Waals surface area contributed by atoms with Crippen molar-refractivity contribution in [2.45, 2.75) is 0 Å². The molecule has 0 saturated heterocycles. The third-order valence-corrected chi connectivity index (χ3v) is 4.64. The van der Waals surface area contributed by atoms with Crippen LogP contribution < -0.4 is 5.73 Å². The highest BCUT2D eigenvalue weighted by Crippen LogP contribution is 2.34. The first kappa shape index (κ1) is 14.3. The monoisotopic (exact) mass is 329 g/mol. The van der Waals surface area contributed by atoms with Crippen LogP contribution in [0.15, 0.2) is 54.7 Å². The molecule has 0 aliphatic heterocycles. The topological polar surface area (TPSA) is 88.5 Å². The molecule has 0 atom stereocenters. The number of nitrogen functional groups attached to an aromatic ring is 1. The summed E-state index contributed by atoms with van der Waals surface area (Å²) >= 11 is 1.52. The van der Waals surface area contributed by atoms with Gasteiger partial charge in [-0.15, -0.1) is 11.3 Å². The smallest absolute Gasteiger partial charge is 0.163 e. The van der Waals surface area contributed by atoms with Crippen molar-refractivity contribution in [3.05, 3.63) is 60.3 Å². The molecule has 3 aromatic heterocycles. The van der Waals surface area contributed by atoms with Crippen LogP contribution in [0.25, 0.3) is 32.2 Å². The van der Waals surface area contributed by atoms with E-state index in [2.05, 4.69) is 21.0 Å². The lowest BCUT2D eigenvalue weighted by Crippen LogP contribution is -1.96. The van der Waals surface area contributed by atoms with Crippen molar-refractivity contribution in [3.63, 3.8) is 0 Å². The number of aromatic nitrogens is 3. The van der Waals surface area contributed by atoms with Crippen LogP contribution in [0, 0.1) is 11.3 Å². The maximum absolute atomic E-state index is 9.04. The predicted molar refractivity (Wildman–Crippen MR) is 95.2 cm³/mol. The van der Waals surface area contributed by atoms with Gasteiger partial charge in [-0.1, -0.05) is 18.2 Å². The highest BCUT2D eigenvalue weighted by Gasteiger charge is 2.13. The Balaban J connectivity index is 1.87. The lowest BCUT2D eigenvalue weighted by atomic mass is 10.1. The molecule has 0 amide bonds. The van der Waals surface area contributed by atoms with E-state index in [9.17, 15) is 0 Å². The van der Waals surface area contributed by atoms with Gasteiger partial charge in [0, 0.05) is 11.8 Å². The third-order valence-electron chi connectivity index (χ3n) is 3.59. The SMILES string of the molecule is N#Cc1cccc(-c2nc(N)c3cc(-c4ccccn4)sc3n2)c1. The molecule has 4 aromatic rings. The van der Waals surface area contributed by atoms with Gasteiger partial charge in [-0.25, -0.2) is 9.97 Å². The minimum atomic E-state index is 0.427. The molecule has 2 N–H and O–H groups in total. The summed E-state index contributed by atoms with van der Waals surface area (Å²) in [5.41, 5.74) is 8.35. The van der Waals surface area contributed by atoms with Crippen LogP contribution in [0.3, 0.4) is 0 Å². The van der Waals surface area contributed by atoms with Gasteiger partial charge in [0.05, 0.1) is 27.6 Å². The van der Waals surface area contributed by atoms with E-state index in [-0.39, 0.29) is 0 Å². The summed E-state index contributed by atoms with van der Waals surface area (Å²) in [5, 5.41) is 9.86. The highest BCUT2D eigenvalue weighted by atomic mass is 32.1. The number of anilines is 1. The van der Waals surface area contributed by atoms with E-state index < -0.39 is 0 Å². The number of rotatable bonds is 2. The molecular formula is C18H11N5S. The van der Waals surface area contributed by atoms with Gasteiger partial charge in [0.2, 0.25) is 0 Å². The molecule has 0 aliphatic carbocycles. The fourth-order valence-electron chi connectivity index (χ4n) is 2.44. The van der Waals surface area contributed by atoms with Crippen LogP contribution in [-0.4, -0.2) is 15.0 Å². The molecule has 0 aliphatic rings. The third kappa shape index (κ3) is 2.47. The standard InChI is InChI=1S/C18H11N5S/c19-10-11-4-3-5-12(8-11)17-22-16(20)13-9-15(24-18(13)23-17)14-6-1-2-7-21-14/h1-9H,(H2,20,22,23). The average molecular weight is 329 g/mol. The van der Waals surface area contributed by atoms with E-state index >= 15 is 0 Å². The first-order chi connectivity index (χ1) is 11.7. The summed E-state index contributed by atoms with van der Waals surface area (Å²) in [4.78, 5) is 15.2. The molecule has 114 valence electrons. The fourth-order valence-corrected chi connectivity index (χ4v) is 3.45. The van der Waals surface area contributed by atoms with Crippen LogP contribution in [0.2, 0.25) is 0 Å². The maximum Gasteiger partial charge on any atom is 0.163 e. The Kier molecular flexibility index (Phi) is 3.41. The zero-order chi connectivity index (χ0) is 16.5. The number of fused-ring (bicyclic) bond motifs is 1. The zero-order valence-electron chi connectivity index (χ0n) is 12.5. The van der Waals surface area contributed by atoms with Crippen LogP contribution in [-0.2, 0) is 0 Å². The number of pyridine rings is 1. The first-order valence-corrected chi connectivity index (χ1v) is 8.05. The Bertz CT molecular complexity index is 1080. The highest BCUT2D eigenvalue weighted by molar-refractivity contribution is 7.21. The fraction of sp³-hybridized carbons (Fsp3) is 0. The summed E-state index contributed by atoms with van der Waals surface area (Å²) in [6.07, 6.45) is 1.76. The molecule has 4 rings (SSSR count). The van der Waals surface area contributed by atoms with Crippen molar-refractivity contribution >= 4 is 27.4 Å². The number of benzene rings is 1. The van der Waals surface area contributed by atoms with Gasteiger partial charge in [0.1, 0.15) is 10.6 Å². The summed E-state index contributed by atoms with van der Waals surface area (Å²) in [5.74, 6) is 0.947. The first-order valence-electron chi connectivity index (χ1n) is 7.23. The van der Waals surface area contributed by atoms with Crippen LogP contribution in [0.1, 0.15) is 5.56 Å². The van der Waals surface area contributed by atoms with E-state index in [0.29, 0.717) is 17.2 Å². The number of hydrogen-bond acceptors (Lipinski definition) is 6. The summed E-state index contributed by atoms with van der Waals surface area (Å²) < 4.78 is 0. The molecule has 0 unspecified atom stereocenters. The van der Waals surface area contributed by atoms with E-state index in [1.54, 1.807) is 18.3 Å². The second-order valence-electron chi connectivity index (χ2n) is 5.17. The van der Waals surface area contributed by atoms with Crippen molar-refractivity contribution in [1.82, 2.24) is 15.0 Å². The van der Waals surface area contributed by atoms with Gasteiger partial charge < -0.3 is 5.73 Å². The number of nitrogens with two attached hydrogens (primary N) is 1. The number of thiophene rings is 1. The quantitative estimate of drug-likeness (QED) is 0.603.